The van der Waals surface area contributed by atoms with E-state index >= 15 is 0 Å². The highest BCUT2D eigenvalue weighted by Crippen LogP contribution is 2.22. The predicted molar refractivity (Wildman–Crippen MR) is 44.8 cm³/mol. The van der Waals surface area contributed by atoms with Gasteiger partial charge in [-0.25, -0.2) is 0 Å². The number of fused-ring (bicyclic) bond motifs is 1. The van der Waals surface area contributed by atoms with E-state index in [1.807, 2.05) is 12.1 Å². The molecule has 0 amide bonds. The van der Waals surface area contributed by atoms with Crippen LogP contribution in [0.2, 0.25) is 0 Å². The maximum Gasteiger partial charge on any atom is 0.196 e. The van der Waals surface area contributed by atoms with E-state index in [9.17, 15) is 9.59 Å². The molecule has 1 aliphatic carbocycles. The fraction of sp³-hybridized carbons (Fsp3) is 0. The van der Waals surface area contributed by atoms with Gasteiger partial charge in [0.15, 0.2) is 12.1 Å². The van der Waals surface area contributed by atoms with E-state index in [4.69, 9.17) is 0 Å². The highest BCUT2D eigenvalue weighted by molar-refractivity contribution is 6.27. The molecule has 0 saturated heterocycles. The van der Waals surface area contributed by atoms with Gasteiger partial charge in [-0.1, -0.05) is 24.3 Å². The van der Waals surface area contributed by atoms with E-state index in [1.54, 1.807) is 18.2 Å². The van der Waals surface area contributed by atoms with Crippen LogP contribution in [0.1, 0.15) is 15.9 Å². The lowest BCUT2D eigenvalue weighted by Gasteiger charge is -1.92. The molecule has 58 valence electrons. The van der Waals surface area contributed by atoms with Gasteiger partial charge in [0, 0.05) is 5.56 Å². The van der Waals surface area contributed by atoms with Crippen molar-refractivity contribution in [2.75, 3.05) is 0 Å². The van der Waals surface area contributed by atoms with E-state index in [1.165, 1.54) is 0 Å². The predicted octanol–water partition coefficient (Wildman–Crippen LogP) is 1.47. The van der Waals surface area contributed by atoms with Crippen LogP contribution in [-0.4, -0.2) is 12.1 Å². The van der Waals surface area contributed by atoms with Crippen LogP contribution in [0.5, 0.6) is 0 Å². The molecule has 0 atom stereocenters. The van der Waals surface area contributed by atoms with Gasteiger partial charge in [-0.2, -0.15) is 0 Å². The largest absolute Gasteiger partial charge is 0.298 e. The molecule has 1 aromatic carbocycles. The van der Waals surface area contributed by atoms with Crippen molar-refractivity contribution < 1.29 is 9.59 Å². The summed E-state index contributed by atoms with van der Waals surface area (Å²) < 4.78 is 0. The smallest absolute Gasteiger partial charge is 0.196 e. The maximum absolute atomic E-state index is 11.3. The Morgan fingerprint density at radius 3 is 2.58 bits per heavy atom. The summed E-state index contributed by atoms with van der Waals surface area (Å²) in [4.78, 5) is 21.7. The minimum absolute atomic E-state index is 0.166. The van der Waals surface area contributed by atoms with Crippen molar-refractivity contribution in [3.05, 3.63) is 41.0 Å². The van der Waals surface area contributed by atoms with Gasteiger partial charge >= 0.3 is 0 Å². The topological polar surface area (TPSA) is 34.1 Å². The zero-order valence-electron chi connectivity index (χ0n) is 6.28. The van der Waals surface area contributed by atoms with E-state index in [-0.39, 0.29) is 11.4 Å². The fourth-order valence-electron chi connectivity index (χ4n) is 1.31. The number of aldehydes is 1. The minimum Gasteiger partial charge on any atom is -0.298 e. The number of ketones is 1. The second kappa shape index (κ2) is 2.41. The lowest BCUT2D eigenvalue weighted by Crippen LogP contribution is -1.98. The molecule has 1 aromatic rings. The Hall–Kier alpha value is -1.70. The Bertz CT molecular complexity index is 389. The Balaban J connectivity index is 2.61. The first kappa shape index (κ1) is 6.98. The highest BCUT2D eigenvalue weighted by atomic mass is 16.1. The molecule has 2 nitrogen and oxygen atoms in total. The summed E-state index contributed by atoms with van der Waals surface area (Å²) in [6.45, 7) is 0. The van der Waals surface area contributed by atoms with Crippen molar-refractivity contribution in [2.24, 2.45) is 0 Å². The van der Waals surface area contributed by atoms with Crippen molar-refractivity contribution in [1.29, 1.82) is 0 Å². The number of Topliss-reactive ketones (excluding diaryl/α,β-unsaturated/α-hetero) is 1. The van der Waals surface area contributed by atoms with Crippen molar-refractivity contribution in [3.8, 4) is 0 Å². The van der Waals surface area contributed by atoms with Crippen molar-refractivity contribution in [2.45, 2.75) is 0 Å². The SMILES string of the molecule is O=CC1=Cc2ccccc2C1=O. The van der Waals surface area contributed by atoms with Gasteiger partial charge in [0.1, 0.15) is 0 Å². The first-order valence-corrected chi connectivity index (χ1v) is 3.63. The number of benzene rings is 1. The normalized spacial score (nSPS) is 14.0. The molecule has 0 fully saturated rings. The molecule has 0 radical (unpaired) electrons. The molecule has 0 unspecified atom stereocenters. The molecular formula is C10H6O2. The van der Waals surface area contributed by atoms with Crippen LogP contribution < -0.4 is 0 Å². The van der Waals surface area contributed by atoms with E-state index in [2.05, 4.69) is 0 Å². The van der Waals surface area contributed by atoms with Gasteiger partial charge < -0.3 is 0 Å². The monoisotopic (exact) mass is 158 g/mol. The molecule has 1 aliphatic rings. The van der Waals surface area contributed by atoms with Gasteiger partial charge in [-0.3, -0.25) is 9.59 Å². The number of hydrogen-bond acceptors (Lipinski definition) is 2. The third-order valence-corrected chi connectivity index (χ3v) is 1.91. The Kier molecular flexibility index (Phi) is 1.40. The Morgan fingerprint density at radius 2 is 1.92 bits per heavy atom. The number of carbonyl (C=O) groups is 2. The fourth-order valence-corrected chi connectivity index (χ4v) is 1.31. The standard InChI is InChI=1S/C10H6O2/c11-6-8-5-7-3-1-2-4-9(7)10(8)12/h1-6H. The summed E-state index contributed by atoms with van der Waals surface area (Å²) in [7, 11) is 0. The number of allylic oxidation sites excluding steroid dienone is 1. The Morgan fingerprint density at radius 1 is 1.17 bits per heavy atom. The zero-order valence-corrected chi connectivity index (χ0v) is 6.28. The first-order chi connectivity index (χ1) is 5.83. The summed E-state index contributed by atoms with van der Waals surface area (Å²) in [5.74, 6) is -0.166. The number of hydrogen-bond donors (Lipinski definition) is 0. The van der Waals surface area contributed by atoms with Crippen LogP contribution in [0, 0.1) is 0 Å². The Labute approximate surface area is 69.5 Å². The zero-order chi connectivity index (χ0) is 8.55. The van der Waals surface area contributed by atoms with Gasteiger partial charge in [0.05, 0.1) is 5.57 Å². The summed E-state index contributed by atoms with van der Waals surface area (Å²) in [5, 5.41) is 0. The van der Waals surface area contributed by atoms with E-state index in [0.29, 0.717) is 11.8 Å². The van der Waals surface area contributed by atoms with Crippen LogP contribution in [-0.2, 0) is 4.79 Å². The molecule has 2 rings (SSSR count). The molecule has 0 aromatic heterocycles. The molecule has 0 saturated carbocycles. The number of rotatable bonds is 1. The summed E-state index contributed by atoms with van der Waals surface area (Å²) in [5.41, 5.74) is 1.71. The average Bonchev–Trinajstić information content (AvgIpc) is 2.44. The first-order valence-electron chi connectivity index (χ1n) is 3.63. The van der Waals surface area contributed by atoms with E-state index in [0.717, 1.165) is 5.56 Å². The summed E-state index contributed by atoms with van der Waals surface area (Å²) in [6, 6.07) is 7.18. The van der Waals surface area contributed by atoms with Crippen LogP contribution in [0.25, 0.3) is 6.08 Å². The third kappa shape index (κ3) is 0.815. The lowest BCUT2D eigenvalue weighted by atomic mass is 10.1. The van der Waals surface area contributed by atoms with Crippen LogP contribution in [0.4, 0.5) is 0 Å². The molecule has 0 spiro atoms. The molecule has 2 heteroatoms. The van der Waals surface area contributed by atoms with E-state index < -0.39 is 0 Å². The second-order valence-corrected chi connectivity index (χ2v) is 2.63. The van der Waals surface area contributed by atoms with Gasteiger partial charge in [-0.05, 0) is 11.6 Å². The van der Waals surface area contributed by atoms with Gasteiger partial charge in [0.2, 0.25) is 0 Å². The number of carbonyl (C=O) groups excluding carboxylic acids is 2. The molecular weight excluding hydrogens is 152 g/mol. The van der Waals surface area contributed by atoms with Crippen molar-refractivity contribution >= 4 is 18.1 Å². The maximum atomic E-state index is 11.3. The van der Waals surface area contributed by atoms with Crippen molar-refractivity contribution in [1.82, 2.24) is 0 Å². The lowest BCUT2D eigenvalue weighted by molar-refractivity contribution is -0.104. The molecule has 0 N–H and O–H groups in total. The quantitative estimate of drug-likeness (QED) is 0.458. The molecule has 0 aliphatic heterocycles. The van der Waals surface area contributed by atoms with Crippen LogP contribution in [0.3, 0.4) is 0 Å². The summed E-state index contributed by atoms with van der Waals surface area (Å²) in [6.07, 6.45) is 2.22. The van der Waals surface area contributed by atoms with Crippen LogP contribution in [0.15, 0.2) is 29.8 Å². The van der Waals surface area contributed by atoms with Gasteiger partial charge in [0.25, 0.3) is 0 Å². The second-order valence-electron chi connectivity index (χ2n) is 2.63. The molecule has 0 bridgehead atoms. The average molecular weight is 158 g/mol. The summed E-state index contributed by atoms with van der Waals surface area (Å²) >= 11 is 0. The minimum atomic E-state index is -0.166. The highest BCUT2D eigenvalue weighted by Gasteiger charge is 2.20. The van der Waals surface area contributed by atoms with Crippen molar-refractivity contribution in [3.63, 3.8) is 0 Å². The molecule has 12 heavy (non-hydrogen) atoms. The molecule has 0 heterocycles. The van der Waals surface area contributed by atoms with Gasteiger partial charge in [-0.15, -0.1) is 0 Å². The third-order valence-electron chi connectivity index (χ3n) is 1.91. The van der Waals surface area contributed by atoms with Crippen LogP contribution >= 0.6 is 0 Å².